The molecular formula is C18H12FNO2S2. The number of carbonyl (C=O) groups excluding carboxylic acids is 2. The van der Waals surface area contributed by atoms with E-state index in [0.717, 1.165) is 11.8 Å². The molecule has 0 unspecified atom stereocenters. The van der Waals surface area contributed by atoms with Gasteiger partial charge in [0.05, 0.1) is 11.4 Å². The topological polar surface area (TPSA) is 37.4 Å². The zero-order valence-corrected chi connectivity index (χ0v) is 14.1. The summed E-state index contributed by atoms with van der Waals surface area (Å²) in [6, 6.07) is 14.6. The van der Waals surface area contributed by atoms with Crippen LogP contribution in [-0.2, 0) is 4.79 Å². The van der Waals surface area contributed by atoms with Gasteiger partial charge < -0.3 is 0 Å². The van der Waals surface area contributed by atoms with Gasteiger partial charge in [0.25, 0.3) is 5.91 Å². The average molecular weight is 357 g/mol. The first-order chi connectivity index (χ1) is 11.5. The molecule has 0 bridgehead atoms. The Labute approximate surface area is 148 Å². The molecule has 2 aromatic rings. The van der Waals surface area contributed by atoms with E-state index in [0.29, 0.717) is 20.4 Å². The summed E-state index contributed by atoms with van der Waals surface area (Å²) in [6.45, 7) is -0.0879. The summed E-state index contributed by atoms with van der Waals surface area (Å²) in [5.41, 5.74) is 1.24. The number of nitrogens with zero attached hydrogens (tertiary/aromatic N) is 1. The molecule has 120 valence electrons. The lowest BCUT2D eigenvalue weighted by atomic mass is 10.1. The number of Topliss-reactive ketones (excluding diaryl/α,β-unsaturated/α-hetero) is 1. The molecule has 1 amide bonds. The van der Waals surface area contributed by atoms with Crippen LogP contribution >= 0.6 is 24.0 Å². The Bertz CT molecular complexity index is 832. The Morgan fingerprint density at radius 2 is 1.79 bits per heavy atom. The standard InChI is InChI=1S/C18H12FNO2S2/c19-14-8-6-12(7-9-14)10-16-17(22)20(18(23)24-16)11-15(21)13-4-2-1-3-5-13/h1-10H,11H2/b16-10+. The first-order valence-electron chi connectivity index (χ1n) is 7.14. The molecule has 1 aliphatic heterocycles. The number of rotatable bonds is 4. The van der Waals surface area contributed by atoms with Crippen molar-refractivity contribution in [1.29, 1.82) is 0 Å². The Kier molecular flexibility index (Phi) is 4.87. The third-order valence-electron chi connectivity index (χ3n) is 3.44. The van der Waals surface area contributed by atoms with E-state index in [-0.39, 0.29) is 24.1 Å². The van der Waals surface area contributed by atoms with Crippen molar-refractivity contribution in [1.82, 2.24) is 4.90 Å². The van der Waals surface area contributed by atoms with Crippen molar-refractivity contribution >= 4 is 46.1 Å². The zero-order valence-electron chi connectivity index (χ0n) is 12.4. The van der Waals surface area contributed by atoms with Crippen LogP contribution in [0.15, 0.2) is 59.5 Å². The summed E-state index contributed by atoms with van der Waals surface area (Å²) >= 11 is 6.36. The van der Waals surface area contributed by atoms with Crippen LogP contribution in [0.25, 0.3) is 6.08 Å². The summed E-state index contributed by atoms with van der Waals surface area (Å²) < 4.78 is 13.3. The van der Waals surface area contributed by atoms with Crippen molar-refractivity contribution in [2.75, 3.05) is 6.54 Å². The van der Waals surface area contributed by atoms with E-state index in [2.05, 4.69) is 0 Å². The number of carbonyl (C=O) groups is 2. The molecule has 0 N–H and O–H groups in total. The van der Waals surface area contributed by atoms with Crippen LogP contribution in [0.4, 0.5) is 4.39 Å². The largest absolute Gasteiger partial charge is 0.292 e. The fourth-order valence-corrected chi connectivity index (χ4v) is 3.46. The molecule has 3 rings (SSSR count). The predicted molar refractivity (Wildman–Crippen MR) is 97.1 cm³/mol. The number of hydrogen-bond acceptors (Lipinski definition) is 4. The molecule has 3 nitrogen and oxygen atoms in total. The highest BCUT2D eigenvalue weighted by Crippen LogP contribution is 2.32. The Balaban J connectivity index is 1.77. The maximum absolute atomic E-state index is 12.9. The quantitative estimate of drug-likeness (QED) is 0.472. The Morgan fingerprint density at radius 1 is 1.12 bits per heavy atom. The number of benzene rings is 2. The summed E-state index contributed by atoms with van der Waals surface area (Å²) in [7, 11) is 0. The molecule has 1 heterocycles. The monoisotopic (exact) mass is 357 g/mol. The smallest absolute Gasteiger partial charge is 0.266 e. The third kappa shape index (κ3) is 3.60. The maximum Gasteiger partial charge on any atom is 0.266 e. The predicted octanol–water partition coefficient (Wildman–Crippen LogP) is 3.91. The van der Waals surface area contributed by atoms with Gasteiger partial charge in [-0.1, -0.05) is 66.4 Å². The molecule has 2 aromatic carbocycles. The van der Waals surface area contributed by atoms with Crippen molar-refractivity contribution < 1.29 is 14.0 Å². The lowest BCUT2D eigenvalue weighted by Gasteiger charge is -2.13. The molecule has 1 fully saturated rings. The molecule has 0 aromatic heterocycles. The fraction of sp³-hybridized carbons (Fsp3) is 0.0556. The molecule has 0 spiro atoms. The number of thiocarbonyl (C=S) groups is 1. The summed E-state index contributed by atoms with van der Waals surface area (Å²) in [6.07, 6.45) is 1.64. The van der Waals surface area contributed by atoms with Gasteiger partial charge in [-0.2, -0.15) is 0 Å². The van der Waals surface area contributed by atoms with Crippen LogP contribution in [0.5, 0.6) is 0 Å². The van der Waals surface area contributed by atoms with Gasteiger partial charge in [-0.3, -0.25) is 14.5 Å². The van der Waals surface area contributed by atoms with Crippen molar-refractivity contribution in [2.24, 2.45) is 0 Å². The highest BCUT2D eigenvalue weighted by Gasteiger charge is 2.33. The van der Waals surface area contributed by atoms with Gasteiger partial charge in [0.2, 0.25) is 0 Å². The lowest BCUT2D eigenvalue weighted by Crippen LogP contribution is -2.33. The van der Waals surface area contributed by atoms with Crippen LogP contribution in [-0.4, -0.2) is 27.5 Å². The molecule has 0 saturated carbocycles. The van der Waals surface area contributed by atoms with E-state index in [1.807, 2.05) is 6.07 Å². The molecular weight excluding hydrogens is 345 g/mol. The first kappa shape index (κ1) is 16.5. The summed E-state index contributed by atoms with van der Waals surface area (Å²) in [5.74, 6) is -0.818. The van der Waals surface area contributed by atoms with E-state index >= 15 is 0 Å². The van der Waals surface area contributed by atoms with E-state index in [1.165, 1.54) is 17.0 Å². The number of thioether (sulfide) groups is 1. The second-order valence-electron chi connectivity index (χ2n) is 5.11. The van der Waals surface area contributed by atoms with Crippen molar-refractivity contribution in [3.8, 4) is 0 Å². The molecule has 1 saturated heterocycles. The molecule has 0 aliphatic carbocycles. The van der Waals surface area contributed by atoms with E-state index < -0.39 is 0 Å². The van der Waals surface area contributed by atoms with Gasteiger partial charge in [0.1, 0.15) is 10.1 Å². The van der Waals surface area contributed by atoms with E-state index in [1.54, 1.807) is 42.5 Å². The van der Waals surface area contributed by atoms with Crippen LogP contribution < -0.4 is 0 Å². The van der Waals surface area contributed by atoms with Crippen LogP contribution in [0.1, 0.15) is 15.9 Å². The summed E-state index contributed by atoms with van der Waals surface area (Å²) in [5, 5.41) is 0. The zero-order chi connectivity index (χ0) is 17.1. The molecule has 0 atom stereocenters. The van der Waals surface area contributed by atoms with Gasteiger partial charge in [-0.25, -0.2) is 4.39 Å². The van der Waals surface area contributed by atoms with E-state index in [9.17, 15) is 14.0 Å². The Morgan fingerprint density at radius 3 is 2.46 bits per heavy atom. The maximum atomic E-state index is 12.9. The lowest BCUT2D eigenvalue weighted by molar-refractivity contribution is -0.121. The van der Waals surface area contributed by atoms with Crippen molar-refractivity contribution in [3.63, 3.8) is 0 Å². The van der Waals surface area contributed by atoms with Gasteiger partial charge in [-0.15, -0.1) is 0 Å². The fourth-order valence-electron chi connectivity index (χ4n) is 2.21. The first-order valence-corrected chi connectivity index (χ1v) is 8.36. The number of ketones is 1. The Hall–Kier alpha value is -2.31. The second kappa shape index (κ2) is 7.07. The number of amides is 1. The molecule has 24 heavy (non-hydrogen) atoms. The van der Waals surface area contributed by atoms with Gasteiger partial charge >= 0.3 is 0 Å². The molecule has 6 heteroatoms. The average Bonchev–Trinajstić information content (AvgIpc) is 2.85. The van der Waals surface area contributed by atoms with Crippen molar-refractivity contribution in [3.05, 3.63) is 76.4 Å². The normalized spacial score (nSPS) is 16.0. The highest BCUT2D eigenvalue weighted by atomic mass is 32.2. The minimum absolute atomic E-state index is 0.0879. The molecule has 1 aliphatic rings. The second-order valence-corrected chi connectivity index (χ2v) is 6.78. The van der Waals surface area contributed by atoms with Gasteiger partial charge in [0.15, 0.2) is 5.78 Å². The third-order valence-corrected chi connectivity index (χ3v) is 4.82. The minimum Gasteiger partial charge on any atom is -0.292 e. The van der Waals surface area contributed by atoms with E-state index in [4.69, 9.17) is 12.2 Å². The minimum atomic E-state index is -0.340. The number of hydrogen-bond donors (Lipinski definition) is 0. The van der Waals surface area contributed by atoms with Crippen LogP contribution in [0.2, 0.25) is 0 Å². The van der Waals surface area contributed by atoms with Crippen LogP contribution in [0, 0.1) is 5.82 Å². The van der Waals surface area contributed by atoms with Crippen LogP contribution in [0.3, 0.4) is 0 Å². The molecule has 0 radical (unpaired) electrons. The SMILES string of the molecule is O=C(CN1C(=O)/C(=C\c2ccc(F)cc2)SC1=S)c1ccccc1. The van der Waals surface area contributed by atoms with Gasteiger partial charge in [-0.05, 0) is 23.8 Å². The highest BCUT2D eigenvalue weighted by molar-refractivity contribution is 8.26. The van der Waals surface area contributed by atoms with Gasteiger partial charge in [0, 0.05) is 5.56 Å². The number of halogens is 1. The summed E-state index contributed by atoms with van der Waals surface area (Å²) in [4.78, 5) is 26.5. The van der Waals surface area contributed by atoms with Crippen molar-refractivity contribution in [2.45, 2.75) is 0 Å².